The fraction of sp³-hybridized carbons (Fsp3) is 0.136. The molecule has 5 aromatic rings. The largest absolute Gasteiger partial charge is 0.349 e. The third-order valence-electron chi connectivity index (χ3n) is 5.00. The van der Waals surface area contributed by atoms with Gasteiger partial charge in [0.1, 0.15) is 0 Å². The number of thioether (sulfide) groups is 1. The fourth-order valence-corrected chi connectivity index (χ4v) is 4.43. The molecule has 0 aliphatic heterocycles. The Morgan fingerprint density at radius 2 is 1.90 bits per heavy atom. The van der Waals surface area contributed by atoms with Crippen molar-refractivity contribution in [2.45, 2.75) is 18.1 Å². The minimum Gasteiger partial charge on any atom is -0.349 e. The van der Waals surface area contributed by atoms with E-state index in [1.54, 1.807) is 0 Å². The van der Waals surface area contributed by atoms with E-state index in [2.05, 4.69) is 44.8 Å². The van der Waals surface area contributed by atoms with E-state index < -0.39 is 0 Å². The van der Waals surface area contributed by atoms with E-state index in [4.69, 9.17) is 0 Å². The van der Waals surface area contributed by atoms with Crippen LogP contribution in [0.4, 0.5) is 0 Å². The van der Waals surface area contributed by atoms with Crippen molar-refractivity contribution < 1.29 is 4.79 Å². The highest BCUT2D eigenvalue weighted by molar-refractivity contribution is 7.99. The van der Waals surface area contributed by atoms with Crippen LogP contribution in [0.2, 0.25) is 0 Å². The number of H-pyrrole nitrogens is 1. The summed E-state index contributed by atoms with van der Waals surface area (Å²) in [6.45, 7) is 2.01. The number of aromatic nitrogens is 4. The van der Waals surface area contributed by atoms with Crippen LogP contribution in [0.1, 0.15) is 18.5 Å². The van der Waals surface area contributed by atoms with Crippen LogP contribution >= 0.6 is 11.8 Å². The molecular weight excluding hydrogens is 382 g/mol. The highest BCUT2D eigenvalue weighted by Crippen LogP contribution is 2.25. The van der Waals surface area contributed by atoms with Crippen molar-refractivity contribution in [3.8, 4) is 0 Å². The number of aromatic amines is 1. The molecule has 0 bridgehead atoms. The number of fused-ring (bicyclic) bond motifs is 4. The standard InChI is InChI=1S/C22H19N5OS/c1-14(16-10-6-8-15-7-2-3-9-17(15)16)23-20(28)13-29-22-26-25-21-24-18-11-4-5-12-19(18)27(21)22/h2-12,14H,13H2,1H3,(H,23,28)(H,24,25). The molecule has 0 spiro atoms. The molecule has 1 atom stereocenters. The van der Waals surface area contributed by atoms with Crippen LogP contribution in [0.5, 0.6) is 0 Å². The Hall–Kier alpha value is -3.32. The van der Waals surface area contributed by atoms with Gasteiger partial charge in [-0.1, -0.05) is 66.4 Å². The van der Waals surface area contributed by atoms with Gasteiger partial charge in [-0.05, 0) is 35.4 Å². The van der Waals surface area contributed by atoms with Crippen LogP contribution in [0.25, 0.3) is 27.6 Å². The van der Waals surface area contributed by atoms with Crippen LogP contribution in [-0.2, 0) is 4.79 Å². The Labute approximate surface area is 171 Å². The molecule has 3 aromatic carbocycles. The van der Waals surface area contributed by atoms with Gasteiger partial charge in [-0.15, -0.1) is 5.10 Å². The molecule has 0 aliphatic rings. The summed E-state index contributed by atoms with van der Waals surface area (Å²) >= 11 is 1.39. The summed E-state index contributed by atoms with van der Waals surface area (Å²) < 4.78 is 1.95. The molecule has 1 unspecified atom stereocenters. The lowest BCUT2D eigenvalue weighted by Gasteiger charge is -2.16. The molecule has 29 heavy (non-hydrogen) atoms. The summed E-state index contributed by atoms with van der Waals surface area (Å²) in [6.07, 6.45) is 0. The van der Waals surface area contributed by atoms with E-state index in [0.29, 0.717) is 5.78 Å². The first-order valence-corrected chi connectivity index (χ1v) is 10.4. The van der Waals surface area contributed by atoms with Crippen LogP contribution < -0.4 is 5.32 Å². The molecule has 6 nitrogen and oxygen atoms in total. The minimum absolute atomic E-state index is 0.0315. The quantitative estimate of drug-likeness (QED) is 0.430. The van der Waals surface area contributed by atoms with Gasteiger partial charge in [0.2, 0.25) is 11.7 Å². The number of rotatable bonds is 5. The zero-order valence-electron chi connectivity index (χ0n) is 15.8. The highest BCUT2D eigenvalue weighted by Gasteiger charge is 2.16. The predicted molar refractivity (Wildman–Crippen MR) is 116 cm³/mol. The summed E-state index contributed by atoms with van der Waals surface area (Å²) in [5.74, 6) is 0.927. The Balaban J connectivity index is 1.32. The van der Waals surface area contributed by atoms with Crippen LogP contribution in [0.15, 0.2) is 71.9 Å². The van der Waals surface area contributed by atoms with Crippen molar-refractivity contribution in [2.75, 3.05) is 5.75 Å². The normalized spacial score (nSPS) is 12.6. The molecule has 2 aromatic heterocycles. The van der Waals surface area contributed by atoms with Gasteiger partial charge in [0.05, 0.1) is 22.8 Å². The van der Waals surface area contributed by atoms with Gasteiger partial charge in [0.15, 0.2) is 5.16 Å². The molecule has 1 amide bonds. The maximum atomic E-state index is 12.6. The smallest absolute Gasteiger partial charge is 0.231 e. The summed E-state index contributed by atoms with van der Waals surface area (Å²) in [5.41, 5.74) is 2.99. The van der Waals surface area contributed by atoms with E-state index in [1.807, 2.05) is 53.8 Å². The summed E-state index contributed by atoms with van der Waals surface area (Å²) in [5, 5.41) is 13.4. The molecule has 5 rings (SSSR count). The van der Waals surface area contributed by atoms with Crippen LogP contribution in [0.3, 0.4) is 0 Å². The van der Waals surface area contributed by atoms with Gasteiger partial charge >= 0.3 is 0 Å². The van der Waals surface area contributed by atoms with Gasteiger partial charge in [0, 0.05) is 0 Å². The number of carbonyl (C=O) groups is 1. The Morgan fingerprint density at radius 3 is 2.83 bits per heavy atom. The fourth-order valence-electron chi connectivity index (χ4n) is 3.66. The zero-order valence-corrected chi connectivity index (χ0v) is 16.6. The predicted octanol–water partition coefficient (Wildman–Crippen LogP) is 4.33. The summed E-state index contributed by atoms with van der Waals surface area (Å²) in [6, 6.07) is 22.2. The molecule has 0 saturated carbocycles. The van der Waals surface area contributed by atoms with Gasteiger partial charge in [-0.2, -0.15) is 0 Å². The van der Waals surface area contributed by atoms with Crippen molar-refractivity contribution in [3.63, 3.8) is 0 Å². The van der Waals surface area contributed by atoms with Gasteiger partial charge in [-0.3, -0.25) is 9.20 Å². The molecule has 0 fully saturated rings. The first-order chi connectivity index (χ1) is 14.2. The molecule has 0 radical (unpaired) electrons. The number of amides is 1. The Kier molecular flexibility index (Phi) is 4.44. The lowest BCUT2D eigenvalue weighted by atomic mass is 10.00. The maximum absolute atomic E-state index is 12.6. The van der Waals surface area contributed by atoms with E-state index in [-0.39, 0.29) is 17.7 Å². The van der Waals surface area contributed by atoms with Crippen LogP contribution in [0, 0.1) is 0 Å². The Morgan fingerprint density at radius 1 is 1.10 bits per heavy atom. The number of carbonyl (C=O) groups excluding carboxylic acids is 1. The van der Waals surface area contributed by atoms with Gasteiger partial charge < -0.3 is 5.32 Å². The second kappa shape index (κ2) is 7.25. The molecule has 144 valence electrons. The third-order valence-corrected chi connectivity index (χ3v) is 5.94. The SMILES string of the molecule is CC(NC(=O)CSc1n[nH]c2nc3ccccc3n12)c1cccc2ccccc12. The molecule has 0 saturated heterocycles. The minimum atomic E-state index is -0.0810. The average molecular weight is 401 g/mol. The third kappa shape index (κ3) is 3.23. The molecule has 0 aliphatic carbocycles. The number of imidazole rings is 1. The van der Waals surface area contributed by atoms with E-state index in [9.17, 15) is 4.79 Å². The van der Waals surface area contributed by atoms with Gasteiger partial charge in [-0.25, -0.2) is 10.1 Å². The van der Waals surface area contributed by atoms with Crippen LogP contribution in [-0.4, -0.2) is 31.2 Å². The number of hydrogen-bond donors (Lipinski definition) is 2. The molecular formula is C22H19N5OS. The number of benzene rings is 3. The van der Waals surface area contributed by atoms with E-state index in [1.165, 1.54) is 17.1 Å². The topological polar surface area (TPSA) is 75.1 Å². The number of para-hydroxylation sites is 2. The zero-order chi connectivity index (χ0) is 19.8. The molecule has 2 N–H and O–H groups in total. The first-order valence-electron chi connectivity index (χ1n) is 9.42. The lowest BCUT2D eigenvalue weighted by Crippen LogP contribution is -2.28. The van der Waals surface area contributed by atoms with Crippen molar-refractivity contribution >= 4 is 45.3 Å². The second-order valence-corrected chi connectivity index (χ2v) is 7.85. The number of hydrogen-bond acceptors (Lipinski definition) is 4. The monoisotopic (exact) mass is 401 g/mol. The Bertz CT molecular complexity index is 1330. The number of nitrogens with zero attached hydrogens (tertiary/aromatic N) is 3. The molecule has 2 heterocycles. The molecule has 7 heteroatoms. The lowest BCUT2D eigenvalue weighted by molar-refractivity contribution is -0.119. The highest BCUT2D eigenvalue weighted by atomic mass is 32.2. The first kappa shape index (κ1) is 17.8. The van der Waals surface area contributed by atoms with Crippen molar-refractivity contribution in [1.29, 1.82) is 0 Å². The number of nitrogens with one attached hydrogen (secondary N) is 2. The maximum Gasteiger partial charge on any atom is 0.231 e. The van der Waals surface area contributed by atoms with Crippen molar-refractivity contribution in [2.24, 2.45) is 0 Å². The van der Waals surface area contributed by atoms with Crippen molar-refractivity contribution in [1.82, 2.24) is 24.9 Å². The second-order valence-electron chi connectivity index (χ2n) is 6.91. The average Bonchev–Trinajstić information content (AvgIpc) is 3.31. The summed E-state index contributed by atoms with van der Waals surface area (Å²) in [4.78, 5) is 17.1. The van der Waals surface area contributed by atoms with Crippen molar-refractivity contribution in [3.05, 3.63) is 72.3 Å². The summed E-state index contributed by atoms with van der Waals surface area (Å²) in [7, 11) is 0. The van der Waals surface area contributed by atoms with E-state index >= 15 is 0 Å². The van der Waals surface area contributed by atoms with Gasteiger partial charge in [0.25, 0.3) is 0 Å². The van der Waals surface area contributed by atoms with E-state index in [0.717, 1.165) is 27.1 Å².